The average Bonchev–Trinajstić information content (AvgIpc) is 3.05. The van der Waals surface area contributed by atoms with E-state index in [4.69, 9.17) is 4.74 Å². The molecule has 1 aromatic carbocycles. The monoisotopic (exact) mass is 272 g/mol. The van der Waals surface area contributed by atoms with Gasteiger partial charge in [-0.05, 0) is 23.1 Å². The van der Waals surface area contributed by atoms with Crippen molar-refractivity contribution in [1.29, 1.82) is 0 Å². The summed E-state index contributed by atoms with van der Waals surface area (Å²) in [7, 11) is 0. The van der Waals surface area contributed by atoms with Crippen LogP contribution < -0.4 is 4.74 Å². The molecular weight excluding hydrogens is 264 g/mol. The number of carbonyl (C=O) groups excluding carboxylic acids is 1. The number of rotatable bonds is 3. The normalized spacial score (nSPS) is 10.6. The van der Waals surface area contributed by atoms with Crippen LogP contribution in [-0.4, -0.2) is 25.8 Å². The molecule has 2 aromatic heterocycles. The lowest BCUT2D eigenvalue weighted by Gasteiger charge is -1.99. The number of H-pyrrole nitrogens is 2. The van der Waals surface area contributed by atoms with Gasteiger partial charge < -0.3 is 19.8 Å². The van der Waals surface area contributed by atoms with Crippen molar-refractivity contribution >= 4 is 22.8 Å². The molecule has 0 saturated carbocycles. The summed E-state index contributed by atoms with van der Waals surface area (Å²) in [4.78, 5) is 31.1. The largest absolute Gasteiger partial charge is 0.386 e. The van der Waals surface area contributed by atoms with Crippen molar-refractivity contribution in [2.45, 2.75) is 0 Å². The molecule has 100 valence electrons. The van der Waals surface area contributed by atoms with E-state index in [1.54, 1.807) is 18.2 Å². The Morgan fingerprint density at radius 2 is 2.15 bits per heavy atom. The minimum absolute atomic E-state index is 0.0198. The Labute approximate surface area is 111 Å². The van der Waals surface area contributed by atoms with Crippen molar-refractivity contribution in [2.24, 2.45) is 0 Å². The van der Waals surface area contributed by atoms with Crippen LogP contribution in [0.15, 0.2) is 36.7 Å². The van der Waals surface area contributed by atoms with E-state index in [0.29, 0.717) is 11.1 Å². The van der Waals surface area contributed by atoms with Crippen LogP contribution >= 0.6 is 0 Å². The van der Waals surface area contributed by atoms with Crippen LogP contribution in [-0.2, 0) is 0 Å². The fraction of sp³-hybridized carbons (Fsp3) is 0. The summed E-state index contributed by atoms with van der Waals surface area (Å²) in [6, 6.07) is 7.40. The molecule has 0 spiro atoms. The second-order valence-corrected chi connectivity index (χ2v) is 3.99. The number of aromatic amines is 2. The summed E-state index contributed by atoms with van der Waals surface area (Å²) in [5.41, 5.74) is 1.76. The van der Waals surface area contributed by atoms with E-state index >= 15 is 0 Å². The SMILES string of the molecule is O=C(Oc1ccc([N+](=O)[O-])[nH]1)c1ccc2nc[nH]c2c1. The van der Waals surface area contributed by atoms with E-state index in [9.17, 15) is 14.9 Å². The maximum atomic E-state index is 11.9. The molecule has 3 rings (SSSR count). The molecule has 0 radical (unpaired) electrons. The second kappa shape index (κ2) is 4.50. The van der Waals surface area contributed by atoms with Gasteiger partial charge in [-0.1, -0.05) is 0 Å². The number of imidazole rings is 1. The van der Waals surface area contributed by atoms with Crippen LogP contribution in [0.2, 0.25) is 0 Å². The minimum Gasteiger partial charge on any atom is -0.386 e. The molecule has 0 fully saturated rings. The van der Waals surface area contributed by atoms with Crippen LogP contribution in [0.1, 0.15) is 10.4 Å². The molecule has 3 aromatic rings. The lowest BCUT2D eigenvalue weighted by molar-refractivity contribution is -0.389. The van der Waals surface area contributed by atoms with Crippen LogP contribution in [0.5, 0.6) is 5.88 Å². The highest BCUT2D eigenvalue weighted by molar-refractivity contribution is 5.94. The Hall–Kier alpha value is -3.16. The molecule has 2 N–H and O–H groups in total. The van der Waals surface area contributed by atoms with Gasteiger partial charge in [0.25, 0.3) is 5.88 Å². The quantitative estimate of drug-likeness (QED) is 0.430. The topological polar surface area (TPSA) is 114 Å². The zero-order valence-corrected chi connectivity index (χ0v) is 9.99. The van der Waals surface area contributed by atoms with Crippen molar-refractivity contribution in [1.82, 2.24) is 15.0 Å². The zero-order valence-electron chi connectivity index (χ0n) is 9.99. The van der Waals surface area contributed by atoms with Crippen molar-refractivity contribution in [3.8, 4) is 5.88 Å². The minimum atomic E-state index is -0.613. The highest BCUT2D eigenvalue weighted by Gasteiger charge is 2.15. The summed E-state index contributed by atoms with van der Waals surface area (Å²) < 4.78 is 5.02. The lowest BCUT2D eigenvalue weighted by Crippen LogP contribution is -2.08. The van der Waals surface area contributed by atoms with Crippen molar-refractivity contribution in [2.75, 3.05) is 0 Å². The van der Waals surface area contributed by atoms with E-state index in [0.717, 1.165) is 5.52 Å². The van der Waals surface area contributed by atoms with E-state index in [2.05, 4.69) is 15.0 Å². The number of hydrogen-bond acceptors (Lipinski definition) is 5. The molecule has 2 heterocycles. The molecule has 0 aliphatic carbocycles. The average molecular weight is 272 g/mol. The van der Waals surface area contributed by atoms with Gasteiger partial charge in [0.1, 0.15) is 0 Å². The van der Waals surface area contributed by atoms with Crippen molar-refractivity contribution in [3.63, 3.8) is 0 Å². The molecule has 20 heavy (non-hydrogen) atoms. The van der Waals surface area contributed by atoms with E-state index < -0.39 is 10.9 Å². The number of aromatic nitrogens is 3. The third kappa shape index (κ3) is 2.09. The smallest absolute Gasteiger partial charge is 0.346 e. The molecule has 0 amide bonds. The molecule has 0 saturated heterocycles. The molecule has 0 aliphatic heterocycles. The number of nitrogens with one attached hydrogen (secondary N) is 2. The number of fused-ring (bicyclic) bond motifs is 1. The number of hydrogen-bond donors (Lipinski definition) is 2. The Kier molecular flexibility index (Phi) is 2.68. The van der Waals surface area contributed by atoms with Crippen molar-refractivity contribution in [3.05, 3.63) is 52.3 Å². The Morgan fingerprint density at radius 1 is 1.30 bits per heavy atom. The molecule has 0 unspecified atom stereocenters. The van der Waals surface area contributed by atoms with Crippen LogP contribution in [0, 0.1) is 10.1 Å². The molecule has 8 nitrogen and oxygen atoms in total. The molecule has 0 atom stereocenters. The van der Waals surface area contributed by atoms with Crippen LogP contribution in [0.25, 0.3) is 11.0 Å². The first kappa shape index (κ1) is 11.9. The van der Waals surface area contributed by atoms with Gasteiger partial charge >= 0.3 is 11.8 Å². The fourth-order valence-corrected chi connectivity index (χ4v) is 1.75. The third-order valence-electron chi connectivity index (χ3n) is 2.70. The van der Waals surface area contributed by atoms with Gasteiger partial charge in [0, 0.05) is 12.1 Å². The number of nitro groups is 1. The Balaban J connectivity index is 1.82. The summed E-state index contributed by atoms with van der Waals surface area (Å²) in [6.07, 6.45) is 1.52. The maximum absolute atomic E-state index is 11.9. The number of benzene rings is 1. The highest BCUT2D eigenvalue weighted by atomic mass is 16.6. The number of nitrogens with zero attached hydrogens (tertiary/aromatic N) is 2. The van der Waals surface area contributed by atoms with Gasteiger partial charge in [0.2, 0.25) is 0 Å². The lowest BCUT2D eigenvalue weighted by atomic mass is 10.2. The van der Waals surface area contributed by atoms with Crippen molar-refractivity contribution < 1.29 is 14.5 Å². The molecular formula is C12H8N4O4. The van der Waals surface area contributed by atoms with E-state index in [1.165, 1.54) is 18.5 Å². The Morgan fingerprint density at radius 3 is 2.90 bits per heavy atom. The number of esters is 1. The standard InChI is InChI=1S/C12H8N4O4/c17-12(20-11-4-3-10(15-11)16(18)19)7-1-2-8-9(5-7)14-6-13-8/h1-6,15H,(H,13,14). The van der Waals surface area contributed by atoms with Gasteiger partial charge in [-0.2, -0.15) is 0 Å². The summed E-state index contributed by atoms with van der Waals surface area (Å²) in [5, 5.41) is 10.5. The van der Waals surface area contributed by atoms with E-state index in [1.807, 2.05) is 0 Å². The first-order valence-corrected chi connectivity index (χ1v) is 5.62. The number of ether oxygens (including phenoxy) is 1. The number of carbonyl (C=O) groups is 1. The van der Waals surface area contributed by atoms with Gasteiger partial charge in [-0.15, -0.1) is 0 Å². The van der Waals surface area contributed by atoms with E-state index in [-0.39, 0.29) is 11.7 Å². The predicted octanol–water partition coefficient (Wildman–Crippen LogP) is 2.02. The third-order valence-corrected chi connectivity index (χ3v) is 2.70. The van der Waals surface area contributed by atoms with Gasteiger partial charge in [0.05, 0.1) is 22.9 Å². The predicted molar refractivity (Wildman–Crippen MR) is 68.5 cm³/mol. The summed E-state index contributed by atoms with van der Waals surface area (Å²) in [5.74, 6) is -0.832. The maximum Gasteiger partial charge on any atom is 0.346 e. The molecule has 0 bridgehead atoms. The van der Waals surface area contributed by atoms with Gasteiger partial charge in [-0.3, -0.25) is 0 Å². The molecule has 0 aliphatic rings. The van der Waals surface area contributed by atoms with Crippen LogP contribution in [0.4, 0.5) is 5.82 Å². The van der Waals surface area contributed by atoms with Gasteiger partial charge in [-0.25, -0.2) is 14.8 Å². The highest BCUT2D eigenvalue weighted by Crippen LogP contribution is 2.18. The van der Waals surface area contributed by atoms with Gasteiger partial charge in [0.15, 0.2) is 0 Å². The first-order chi connectivity index (χ1) is 9.63. The summed E-state index contributed by atoms with van der Waals surface area (Å²) in [6.45, 7) is 0. The Bertz CT molecular complexity index is 805. The van der Waals surface area contributed by atoms with Crippen LogP contribution in [0.3, 0.4) is 0 Å². The molecule has 8 heteroatoms. The second-order valence-electron chi connectivity index (χ2n) is 3.99. The zero-order chi connectivity index (χ0) is 14.1. The first-order valence-electron chi connectivity index (χ1n) is 5.62. The summed E-state index contributed by atoms with van der Waals surface area (Å²) >= 11 is 0. The fourth-order valence-electron chi connectivity index (χ4n) is 1.75.